The maximum atomic E-state index is 12.3. The maximum Gasteiger partial charge on any atom is 0.256 e. The van der Waals surface area contributed by atoms with Gasteiger partial charge in [0.1, 0.15) is 0 Å². The second kappa shape index (κ2) is 6.51. The van der Waals surface area contributed by atoms with Gasteiger partial charge in [-0.2, -0.15) is 0 Å². The Morgan fingerprint density at radius 1 is 1.13 bits per heavy atom. The number of rotatable bonds is 4. The summed E-state index contributed by atoms with van der Waals surface area (Å²) in [5.41, 5.74) is 1.31. The van der Waals surface area contributed by atoms with Crippen molar-refractivity contribution in [2.24, 2.45) is 5.84 Å². The molecule has 0 atom stereocenters. The number of carbonyl (C=O) groups is 1. The van der Waals surface area contributed by atoms with Crippen LogP contribution in [0.3, 0.4) is 0 Å². The smallest absolute Gasteiger partial charge is 0.256 e. The number of anilines is 1. The van der Waals surface area contributed by atoms with Gasteiger partial charge in [-0.05, 0) is 22.9 Å². The number of nitrogens with two attached hydrogens (primary N) is 1. The van der Waals surface area contributed by atoms with Crippen molar-refractivity contribution >= 4 is 22.5 Å². The molecule has 1 amide bonds. The summed E-state index contributed by atoms with van der Waals surface area (Å²) >= 11 is 0. The second-order valence-electron chi connectivity index (χ2n) is 5.32. The van der Waals surface area contributed by atoms with Gasteiger partial charge in [0, 0.05) is 12.6 Å². The minimum atomic E-state index is -0.214. The van der Waals surface area contributed by atoms with Crippen molar-refractivity contribution < 1.29 is 4.79 Å². The molecule has 3 aromatic rings. The van der Waals surface area contributed by atoms with E-state index in [0.717, 1.165) is 16.5 Å². The summed E-state index contributed by atoms with van der Waals surface area (Å²) in [6.45, 7) is 0.492. The molecule has 3 N–H and O–H groups in total. The van der Waals surface area contributed by atoms with E-state index in [-0.39, 0.29) is 5.91 Å². The molecule has 6 nitrogen and oxygen atoms in total. The first-order valence-corrected chi connectivity index (χ1v) is 7.19. The normalized spacial score (nSPS) is 10.9. The highest BCUT2D eigenvalue weighted by atomic mass is 16.1. The molecule has 0 bridgehead atoms. The standard InChI is InChI=1S/C17H17N5O/c1-22(18)11-15-9-20-16(10-19-15)21-17(23)14-7-6-12-4-2-3-5-13(12)8-14/h2-10H,11,18H2,1H3,(H,20,21,23). The first-order valence-electron chi connectivity index (χ1n) is 7.19. The van der Waals surface area contributed by atoms with Gasteiger partial charge >= 0.3 is 0 Å². The van der Waals surface area contributed by atoms with Gasteiger partial charge in [-0.1, -0.05) is 30.3 Å². The molecule has 2 aromatic carbocycles. The van der Waals surface area contributed by atoms with Crippen molar-refractivity contribution in [1.82, 2.24) is 15.0 Å². The number of hydrazine groups is 1. The quantitative estimate of drug-likeness (QED) is 0.570. The maximum absolute atomic E-state index is 12.3. The van der Waals surface area contributed by atoms with Crippen LogP contribution in [-0.2, 0) is 6.54 Å². The third kappa shape index (κ3) is 3.68. The molecule has 0 saturated heterocycles. The van der Waals surface area contributed by atoms with Crippen molar-refractivity contribution in [2.75, 3.05) is 12.4 Å². The van der Waals surface area contributed by atoms with Crippen molar-refractivity contribution in [3.05, 3.63) is 66.1 Å². The van der Waals surface area contributed by atoms with Gasteiger partial charge in [-0.25, -0.2) is 9.99 Å². The summed E-state index contributed by atoms with van der Waals surface area (Å²) in [4.78, 5) is 20.7. The topological polar surface area (TPSA) is 84.1 Å². The molecule has 0 aliphatic rings. The fourth-order valence-corrected chi connectivity index (χ4v) is 2.28. The van der Waals surface area contributed by atoms with Crippen molar-refractivity contribution in [3.63, 3.8) is 0 Å². The van der Waals surface area contributed by atoms with Crippen LogP contribution in [0.2, 0.25) is 0 Å². The van der Waals surface area contributed by atoms with E-state index in [4.69, 9.17) is 5.84 Å². The summed E-state index contributed by atoms with van der Waals surface area (Å²) in [5.74, 6) is 5.76. The molecule has 6 heteroatoms. The van der Waals surface area contributed by atoms with Gasteiger partial charge in [-0.15, -0.1) is 0 Å². The predicted octanol–water partition coefficient (Wildman–Crippen LogP) is 2.19. The molecule has 116 valence electrons. The van der Waals surface area contributed by atoms with E-state index >= 15 is 0 Å². The number of aromatic nitrogens is 2. The lowest BCUT2D eigenvalue weighted by molar-refractivity contribution is 0.102. The average molecular weight is 307 g/mol. The lowest BCUT2D eigenvalue weighted by atomic mass is 10.1. The molecule has 0 saturated carbocycles. The Hall–Kier alpha value is -2.83. The third-order valence-electron chi connectivity index (χ3n) is 3.37. The zero-order chi connectivity index (χ0) is 16.2. The summed E-state index contributed by atoms with van der Waals surface area (Å²) in [7, 11) is 1.75. The average Bonchev–Trinajstić information content (AvgIpc) is 2.55. The number of hydrogen-bond donors (Lipinski definition) is 2. The molecule has 0 radical (unpaired) electrons. The Balaban J connectivity index is 1.74. The van der Waals surface area contributed by atoms with Crippen LogP contribution in [0.15, 0.2) is 54.9 Å². The molecule has 1 heterocycles. The fourth-order valence-electron chi connectivity index (χ4n) is 2.28. The van der Waals surface area contributed by atoms with Crippen LogP contribution in [0, 0.1) is 0 Å². The zero-order valence-electron chi connectivity index (χ0n) is 12.7. The van der Waals surface area contributed by atoms with Crippen molar-refractivity contribution in [1.29, 1.82) is 0 Å². The van der Waals surface area contributed by atoms with Crippen LogP contribution < -0.4 is 11.2 Å². The van der Waals surface area contributed by atoms with Gasteiger partial charge in [0.2, 0.25) is 0 Å². The minimum absolute atomic E-state index is 0.214. The Morgan fingerprint density at radius 3 is 2.61 bits per heavy atom. The number of carbonyl (C=O) groups excluding carboxylic acids is 1. The lowest BCUT2D eigenvalue weighted by Crippen LogP contribution is -2.25. The highest BCUT2D eigenvalue weighted by molar-refractivity contribution is 6.05. The Bertz CT molecular complexity index is 830. The Kier molecular flexibility index (Phi) is 4.27. The number of nitrogens with one attached hydrogen (secondary N) is 1. The predicted molar refractivity (Wildman–Crippen MR) is 89.6 cm³/mol. The molecular weight excluding hydrogens is 290 g/mol. The van der Waals surface area contributed by atoms with Crippen LogP contribution >= 0.6 is 0 Å². The highest BCUT2D eigenvalue weighted by Crippen LogP contribution is 2.16. The van der Waals surface area contributed by atoms with Gasteiger partial charge < -0.3 is 5.32 Å². The van der Waals surface area contributed by atoms with Gasteiger partial charge in [0.25, 0.3) is 5.91 Å². The zero-order valence-corrected chi connectivity index (χ0v) is 12.7. The Morgan fingerprint density at radius 2 is 1.91 bits per heavy atom. The molecule has 0 fully saturated rings. The highest BCUT2D eigenvalue weighted by Gasteiger charge is 2.08. The molecule has 0 unspecified atom stereocenters. The molecule has 0 aliphatic carbocycles. The van der Waals surface area contributed by atoms with Crippen LogP contribution in [0.25, 0.3) is 10.8 Å². The third-order valence-corrected chi connectivity index (χ3v) is 3.37. The monoisotopic (exact) mass is 307 g/mol. The van der Waals surface area contributed by atoms with E-state index in [9.17, 15) is 4.79 Å². The summed E-state index contributed by atoms with van der Waals surface area (Å²) < 4.78 is 0. The first-order chi connectivity index (χ1) is 11.1. The molecule has 23 heavy (non-hydrogen) atoms. The lowest BCUT2D eigenvalue weighted by Gasteiger charge is -2.09. The molecular formula is C17H17N5O. The van der Waals surface area contributed by atoms with E-state index in [0.29, 0.717) is 17.9 Å². The minimum Gasteiger partial charge on any atom is -0.305 e. The van der Waals surface area contributed by atoms with Crippen molar-refractivity contribution in [3.8, 4) is 0 Å². The number of benzene rings is 2. The Labute approximate surface area is 133 Å². The van der Waals surface area contributed by atoms with Gasteiger partial charge in [0.15, 0.2) is 5.82 Å². The number of amides is 1. The van der Waals surface area contributed by atoms with E-state index < -0.39 is 0 Å². The van der Waals surface area contributed by atoms with E-state index in [1.54, 1.807) is 19.3 Å². The summed E-state index contributed by atoms with van der Waals surface area (Å²) in [6.07, 6.45) is 3.12. The molecule has 3 rings (SSSR count). The number of nitrogens with zero attached hydrogens (tertiary/aromatic N) is 3. The molecule has 1 aromatic heterocycles. The summed E-state index contributed by atoms with van der Waals surface area (Å²) in [5, 5.41) is 6.37. The van der Waals surface area contributed by atoms with Crippen LogP contribution in [-0.4, -0.2) is 27.9 Å². The van der Waals surface area contributed by atoms with E-state index in [1.807, 2.05) is 36.4 Å². The number of fused-ring (bicyclic) bond motifs is 1. The first kappa shape index (κ1) is 15.1. The molecule has 0 spiro atoms. The summed E-state index contributed by atoms with van der Waals surface area (Å²) in [6, 6.07) is 13.5. The van der Waals surface area contributed by atoms with Gasteiger partial charge in [-0.3, -0.25) is 15.6 Å². The largest absolute Gasteiger partial charge is 0.305 e. The van der Waals surface area contributed by atoms with Gasteiger partial charge in [0.05, 0.1) is 24.6 Å². The molecule has 0 aliphatic heterocycles. The van der Waals surface area contributed by atoms with Crippen LogP contribution in [0.5, 0.6) is 0 Å². The van der Waals surface area contributed by atoms with Crippen molar-refractivity contribution in [2.45, 2.75) is 6.54 Å². The van der Waals surface area contributed by atoms with Crippen LogP contribution in [0.4, 0.5) is 5.82 Å². The van der Waals surface area contributed by atoms with E-state index in [1.165, 1.54) is 11.2 Å². The SMILES string of the molecule is CN(N)Cc1cnc(NC(=O)c2ccc3ccccc3c2)cn1. The second-order valence-corrected chi connectivity index (χ2v) is 5.32. The van der Waals surface area contributed by atoms with E-state index in [2.05, 4.69) is 15.3 Å². The fraction of sp³-hybridized carbons (Fsp3) is 0.118. The van der Waals surface area contributed by atoms with Crippen LogP contribution in [0.1, 0.15) is 16.1 Å². The number of hydrogen-bond acceptors (Lipinski definition) is 5.